The van der Waals surface area contributed by atoms with Crippen LogP contribution in [0, 0.1) is 10.5 Å². The summed E-state index contributed by atoms with van der Waals surface area (Å²) in [6.45, 7) is 5.40. The Labute approximate surface area is 141 Å². The summed E-state index contributed by atoms with van der Waals surface area (Å²) in [5.41, 5.74) is 2.71. The maximum absolute atomic E-state index is 3.67. The molecule has 1 aromatic heterocycles. The van der Waals surface area contributed by atoms with Crippen molar-refractivity contribution < 1.29 is 0 Å². The molecule has 2 rings (SSSR count). The van der Waals surface area contributed by atoms with E-state index in [9.17, 15) is 0 Å². The van der Waals surface area contributed by atoms with Crippen molar-refractivity contribution in [2.24, 2.45) is 0 Å². The van der Waals surface area contributed by atoms with Gasteiger partial charge >= 0.3 is 0 Å². The molecule has 0 fully saturated rings. The van der Waals surface area contributed by atoms with Crippen molar-refractivity contribution in [2.45, 2.75) is 26.3 Å². The van der Waals surface area contributed by atoms with Crippen LogP contribution in [0.25, 0.3) is 0 Å². The SMILES string of the molecule is CCCNC(c1cccc(C)c1I)c1sccc1Br. The molecule has 1 unspecified atom stereocenters. The topological polar surface area (TPSA) is 12.0 Å². The van der Waals surface area contributed by atoms with Crippen LogP contribution < -0.4 is 5.32 Å². The van der Waals surface area contributed by atoms with Crippen LogP contribution in [-0.4, -0.2) is 6.54 Å². The van der Waals surface area contributed by atoms with Crippen molar-refractivity contribution in [3.05, 3.63) is 53.7 Å². The van der Waals surface area contributed by atoms with E-state index in [-0.39, 0.29) is 6.04 Å². The minimum atomic E-state index is 0.279. The lowest BCUT2D eigenvalue weighted by Gasteiger charge is -2.20. The predicted molar refractivity (Wildman–Crippen MR) is 96.1 cm³/mol. The lowest BCUT2D eigenvalue weighted by Crippen LogP contribution is -2.23. The van der Waals surface area contributed by atoms with Gasteiger partial charge in [-0.3, -0.25) is 0 Å². The van der Waals surface area contributed by atoms with E-state index >= 15 is 0 Å². The third-order valence-electron chi connectivity index (χ3n) is 3.04. The van der Waals surface area contributed by atoms with Crippen LogP contribution >= 0.6 is 49.9 Å². The lowest BCUT2D eigenvalue weighted by atomic mass is 10.0. The number of benzene rings is 1. The molecule has 0 spiro atoms. The Hall–Kier alpha value is 0.0900. The molecule has 0 aliphatic rings. The largest absolute Gasteiger partial charge is 0.306 e. The van der Waals surface area contributed by atoms with E-state index in [1.54, 1.807) is 11.3 Å². The Morgan fingerprint density at radius 2 is 2.16 bits per heavy atom. The van der Waals surface area contributed by atoms with Gasteiger partial charge < -0.3 is 5.32 Å². The minimum Gasteiger partial charge on any atom is -0.306 e. The lowest BCUT2D eigenvalue weighted by molar-refractivity contribution is 0.602. The van der Waals surface area contributed by atoms with Gasteiger partial charge in [0.15, 0.2) is 0 Å². The summed E-state index contributed by atoms with van der Waals surface area (Å²) < 4.78 is 2.55. The normalized spacial score (nSPS) is 12.6. The van der Waals surface area contributed by atoms with Gasteiger partial charge in [-0.1, -0.05) is 25.1 Å². The molecule has 1 atom stereocenters. The molecule has 0 amide bonds. The Balaban J connectivity index is 2.43. The number of nitrogens with one attached hydrogen (secondary N) is 1. The molecule has 0 saturated heterocycles. The van der Waals surface area contributed by atoms with Crippen LogP contribution in [0.2, 0.25) is 0 Å². The van der Waals surface area contributed by atoms with E-state index in [0.29, 0.717) is 0 Å². The fourth-order valence-corrected chi connectivity index (χ4v) is 4.40. The molecule has 0 radical (unpaired) electrons. The maximum Gasteiger partial charge on any atom is 0.0692 e. The second kappa shape index (κ2) is 7.20. The Morgan fingerprint density at radius 3 is 2.79 bits per heavy atom. The van der Waals surface area contributed by atoms with Gasteiger partial charge in [0.1, 0.15) is 0 Å². The monoisotopic (exact) mass is 449 g/mol. The van der Waals surface area contributed by atoms with Crippen molar-refractivity contribution >= 4 is 49.9 Å². The summed E-state index contributed by atoms with van der Waals surface area (Å²) in [5, 5.41) is 5.81. The Kier molecular flexibility index (Phi) is 5.87. The number of rotatable bonds is 5. The summed E-state index contributed by atoms with van der Waals surface area (Å²) >= 11 is 7.93. The molecule has 1 aromatic carbocycles. The number of hydrogen-bond donors (Lipinski definition) is 1. The van der Waals surface area contributed by atoms with Crippen molar-refractivity contribution in [1.82, 2.24) is 5.32 Å². The van der Waals surface area contributed by atoms with Crippen LogP contribution in [0.5, 0.6) is 0 Å². The number of aryl methyl sites for hydroxylation is 1. The van der Waals surface area contributed by atoms with E-state index in [1.165, 1.54) is 24.0 Å². The van der Waals surface area contributed by atoms with Gasteiger partial charge in [-0.05, 0) is 81.0 Å². The van der Waals surface area contributed by atoms with E-state index in [1.807, 2.05) is 0 Å². The highest BCUT2D eigenvalue weighted by atomic mass is 127. The zero-order chi connectivity index (χ0) is 13.8. The van der Waals surface area contributed by atoms with Crippen LogP contribution in [0.15, 0.2) is 34.1 Å². The molecule has 1 nitrogen and oxygen atoms in total. The minimum absolute atomic E-state index is 0.279. The molecule has 0 aliphatic carbocycles. The fourth-order valence-electron chi connectivity index (χ4n) is 2.04. The van der Waals surface area contributed by atoms with Gasteiger partial charge in [-0.2, -0.15) is 0 Å². The van der Waals surface area contributed by atoms with Crippen molar-refractivity contribution in [2.75, 3.05) is 6.54 Å². The summed E-state index contributed by atoms with van der Waals surface area (Å²) in [6, 6.07) is 8.96. The van der Waals surface area contributed by atoms with Gasteiger partial charge in [0, 0.05) is 12.9 Å². The van der Waals surface area contributed by atoms with Crippen molar-refractivity contribution in [1.29, 1.82) is 0 Å². The zero-order valence-corrected chi connectivity index (χ0v) is 15.6. The highest BCUT2D eigenvalue weighted by molar-refractivity contribution is 14.1. The maximum atomic E-state index is 3.67. The van der Waals surface area contributed by atoms with Crippen LogP contribution in [0.1, 0.15) is 35.4 Å². The standard InChI is InChI=1S/C15H17BrINS/c1-3-8-18-14(15-12(16)7-9-19-15)11-6-4-5-10(2)13(11)17/h4-7,9,14,18H,3,8H2,1-2H3. The highest BCUT2D eigenvalue weighted by Gasteiger charge is 2.20. The van der Waals surface area contributed by atoms with Crippen LogP contribution in [0.3, 0.4) is 0 Å². The first kappa shape index (κ1) is 15.5. The van der Waals surface area contributed by atoms with E-state index in [2.05, 4.69) is 87.3 Å². The summed E-state index contributed by atoms with van der Waals surface area (Å²) in [6.07, 6.45) is 1.14. The van der Waals surface area contributed by atoms with Gasteiger partial charge in [0.25, 0.3) is 0 Å². The Morgan fingerprint density at radius 1 is 1.37 bits per heavy atom. The smallest absolute Gasteiger partial charge is 0.0692 e. The molecule has 0 saturated carbocycles. The van der Waals surface area contributed by atoms with Gasteiger partial charge in [0.2, 0.25) is 0 Å². The summed E-state index contributed by atoms with van der Waals surface area (Å²) in [4.78, 5) is 1.36. The first-order valence-corrected chi connectivity index (χ1v) is 9.11. The molecule has 102 valence electrons. The second-order valence-electron chi connectivity index (χ2n) is 4.50. The fraction of sp³-hybridized carbons (Fsp3) is 0.333. The number of hydrogen-bond acceptors (Lipinski definition) is 2. The van der Waals surface area contributed by atoms with Gasteiger partial charge in [-0.15, -0.1) is 11.3 Å². The van der Waals surface area contributed by atoms with E-state index < -0.39 is 0 Å². The van der Waals surface area contributed by atoms with Crippen LogP contribution in [0.4, 0.5) is 0 Å². The first-order chi connectivity index (χ1) is 9.15. The van der Waals surface area contributed by atoms with Crippen LogP contribution in [-0.2, 0) is 0 Å². The molecule has 0 bridgehead atoms. The summed E-state index contributed by atoms with van der Waals surface area (Å²) in [7, 11) is 0. The molecule has 1 heterocycles. The molecule has 0 aliphatic heterocycles. The van der Waals surface area contributed by atoms with Crippen molar-refractivity contribution in [3.63, 3.8) is 0 Å². The average molecular weight is 450 g/mol. The first-order valence-electron chi connectivity index (χ1n) is 6.36. The second-order valence-corrected chi connectivity index (χ2v) is 7.38. The average Bonchev–Trinajstić information content (AvgIpc) is 2.81. The molecule has 4 heteroatoms. The van der Waals surface area contributed by atoms with E-state index in [0.717, 1.165) is 13.0 Å². The van der Waals surface area contributed by atoms with Crippen molar-refractivity contribution in [3.8, 4) is 0 Å². The molecule has 19 heavy (non-hydrogen) atoms. The summed E-state index contributed by atoms with van der Waals surface area (Å²) in [5.74, 6) is 0. The van der Waals surface area contributed by atoms with E-state index in [4.69, 9.17) is 0 Å². The third-order valence-corrected chi connectivity index (χ3v) is 6.45. The predicted octanol–water partition coefficient (Wildman–Crippen LogP) is 5.51. The molecule has 1 N–H and O–H groups in total. The number of thiophene rings is 1. The van der Waals surface area contributed by atoms with Gasteiger partial charge in [-0.25, -0.2) is 0 Å². The number of halogens is 2. The molecule has 2 aromatic rings. The third kappa shape index (κ3) is 3.60. The van der Waals surface area contributed by atoms with Gasteiger partial charge in [0.05, 0.1) is 6.04 Å². The molecular weight excluding hydrogens is 433 g/mol. The Bertz CT molecular complexity index is 553. The quantitative estimate of drug-likeness (QED) is 0.593. The zero-order valence-electron chi connectivity index (χ0n) is 11.0. The molecular formula is C15H17BrINS. The highest BCUT2D eigenvalue weighted by Crippen LogP contribution is 2.35.